The summed E-state index contributed by atoms with van der Waals surface area (Å²) in [6, 6.07) is 15.3. The van der Waals surface area contributed by atoms with Crippen molar-refractivity contribution < 1.29 is 0 Å². The van der Waals surface area contributed by atoms with E-state index in [1.54, 1.807) is 4.68 Å². The zero-order valence-corrected chi connectivity index (χ0v) is 15.9. The minimum absolute atomic E-state index is 0.00224. The summed E-state index contributed by atoms with van der Waals surface area (Å²) in [4.78, 5) is 12.8. The molecular weight excluding hydrogens is 435 g/mol. The van der Waals surface area contributed by atoms with Gasteiger partial charge in [0.15, 0.2) is 0 Å². The first kappa shape index (κ1) is 16.1. The molecule has 3 aromatic rings. The predicted octanol–water partition coefficient (Wildman–Crippen LogP) is 4.79. The van der Waals surface area contributed by atoms with Gasteiger partial charge in [-0.05, 0) is 36.5 Å². The molecule has 1 saturated carbocycles. The highest BCUT2D eigenvalue weighted by Gasteiger charge is 2.36. The van der Waals surface area contributed by atoms with Crippen LogP contribution in [-0.2, 0) is 6.54 Å². The van der Waals surface area contributed by atoms with Crippen LogP contribution in [0.15, 0.2) is 53.3 Å². The van der Waals surface area contributed by atoms with E-state index in [4.69, 9.17) is 16.7 Å². The number of benzene rings is 2. The molecule has 2 aromatic carbocycles. The summed E-state index contributed by atoms with van der Waals surface area (Å²) < 4.78 is 2.80. The van der Waals surface area contributed by atoms with Crippen LogP contribution in [0.3, 0.4) is 0 Å². The second-order valence-corrected chi connectivity index (χ2v) is 7.62. The Hall–Kier alpha value is -1.40. The number of hydrogen-bond acceptors (Lipinski definition) is 2. The fourth-order valence-electron chi connectivity index (χ4n) is 3.12. The van der Waals surface area contributed by atoms with Gasteiger partial charge in [-0.2, -0.15) is 5.10 Å². The van der Waals surface area contributed by atoms with Crippen LogP contribution in [-0.4, -0.2) is 14.2 Å². The Labute approximate surface area is 158 Å². The number of halogens is 2. The van der Waals surface area contributed by atoms with Gasteiger partial charge in [0.05, 0.1) is 11.1 Å². The highest BCUT2D eigenvalue weighted by Crippen LogP contribution is 2.40. The van der Waals surface area contributed by atoms with Gasteiger partial charge < -0.3 is 0 Å². The molecule has 0 radical (unpaired) electrons. The Morgan fingerprint density at radius 3 is 2.46 bits per heavy atom. The molecule has 1 fully saturated rings. The van der Waals surface area contributed by atoms with Crippen LogP contribution in [0.4, 0.5) is 0 Å². The van der Waals surface area contributed by atoms with Crippen molar-refractivity contribution in [2.24, 2.45) is 11.8 Å². The molecule has 1 heterocycles. The Bertz CT molecular complexity index is 952. The molecule has 2 unspecified atom stereocenters. The first-order valence-corrected chi connectivity index (χ1v) is 9.89. The van der Waals surface area contributed by atoms with Crippen molar-refractivity contribution in [3.05, 3.63) is 63.9 Å². The predicted molar refractivity (Wildman–Crippen MR) is 107 cm³/mol. The zero-order chi connectivity index (χ0) is 16.7. The Balaban J connectivity index is 1.87. The molecule has 0 amide bonds. The molecule has 0 aliphatic heterocycles. The molecule has 0 saturated heterocycles. The van der Waals surface area contributed by atoms with E-state index in [0.29, 0.717) is 17.5 Å². The van der Waals surface area contributed by atoms with Gasteiger partial charge in [-0.15, -0.1) is 0 Å². The molecule has 0 spiro atoms. The lowest BCUT2D eigenvalue weighted by Gasteiger charge is -2.11. The fraction of sp³-hybridized carbons (Fsp3) is 0.263. The van der Waals surface area contributed by atoms with Gasteiger partial charge in [0.25, 0.3) is 5.56 Å². The minimum atomic E-state index is 0.00224. The van der Waals surface area contributed by atoms with Crippen LogP contribution < -0.4 is 5.56 Å². The average Bonchev–Trinajstić information content (AvgIpc) is 3.37. The summed E-state index contributed by atoms with van der Waals surface area (Å²) >= 11 is 8.43. The maximum atomic E-state index is 12.8. The largest absolute Gasteiger partial charge is 0.274 e. The molecule has 1 aliphatic carbocycles. The third-order valence-electron chi connectivity index (χ3n) is 4.66. The molecule has 122 valence electrons. The van der Waals surface area contributed by atoms with Crippen molar-refractivity contribution >= 4 is 45.0 Å². The van der Waals surface area contributed by atoms with Crippen LogP contribution in [0.25, 0.3) is 22.0 Å². The van der Waals surface area contributed by atoms with E-state index < -0.39 is 0 Å². The number of fused-ring (bicyclic) bond motifs is 1. The van der Waals surface area contributed by atoms with E-state index >= 15 is 0 Å². The minimum Gasteiger partial charge on any atom is -0.267 e. The molecule has 1 aliphatic rings. The van der Waals surface area contributed by atoms with Gasteiger partial charge in [-0.1, -0.05) is 64.5 Å². The number of hydrogen-bond donors (Lipinski definition) is 0. The van der Waals surface area contributed by atoms with Gasteiger partial charge in [0.2, 0.25) is 0 Å². The summed E-state index contributed by atoms with van der Waals surface area (Å²) in [5.41, 5.74) is 1.82. The number of alkyl halides is 1. The number of rotatable bonds is 4. The normalized spacial score (nSPS) is 19.6. The van der Waals surface area contributed by atoms with Gasteiger partial charge >= 0.3 is 0 Å². The maximum absolute atomic E-state index is 12.8. The second kappa shape index (κ2) is 6.48. The molecule has 3 nitrogen and oxygen atoms in total. The van der Waals surface area contributed by atoms with Crippen LogP contribution in [0.5, 0.6) is 0 Å². The van der Waals surface area contributed by atoms with E-state index in [1.807, 2.05) is 48.5 Å². The lowest BCUT2D eigenvalue weighted by atomic mass is 10.1. The smallest absolute Gasteiger partial charge is 0.267 e. The number of aromatic nitrogens is 2. The first-order valence-electron chi connectivity index (χ1n) is 7.99. The van der Waals surface area contributed by atoms with E-state index in [-0.39, 0.29) is 5.56 Å². The van der Waals surface area contributed by atoms with Crippen LogP contribution in [0.1, 0.15) is 6.42 Å². The van der Waals surface area contributed by atoms with Gasteiger partial charge in [-0.25, -0.2) is 4.68 Å². The highest BCUT2D eigenvalue weighted by atomic mass is 127. The quantitative estimate of drug-likeness (QED) is 0.423. The van der Waals surface area contributed by atoms with Crippen molar-refractivity contribution in [1.82, 2.24) is 9.78 Å². The molecule has 5 heteroatoms. The summed E-state index contributed by atoms with van der Waals surface area (Å²) in [5.74, 6) is 1.30. The van der Waals surface area contributed by atoms with Crippen molar-refractivity contribution in [2.45, 2.75) is 13.0 Å². The third-order valence-corrected chi connectivity index (χ3v) is 6.04. The van der Waals surface area contributed by atoms with Crippen molar-refractivity contribution in [1.29, 1.82) is 0 Å². The van der Waals surface area contributed by atoms with Crippen molar-refractivity contribution in [3.8, 4) is 11.3 Å². The molecule has 4 rings (SSSR count). The Morgan fingerprint density at radius 2 is 1.79 bits per heavy atom. The average molecular weight is 451 g/mol. The first-order chi connectivity index (χ1) is 11.7. The number of nitrogens with zero attached hydrogens (tertiary/aromatic N) is 2. The van der Waals surface area contributed by atoms with Gasteiger partial charge in [0.1, 0.15) is 0 Å². The molecule has 24 heavy (non-hydrogen) atoms. The van der Waals surface area contributed by atoms with Crippen molar-refractivity contribution in [3.63, 3.8) is 0 Å². The molecule has 0 N–H and O–H groups in total. The summed E-state index contributed by atoms with van der Waals surface area (Å²) in [6.07, 6.45) is 1.19. The zero-order valence-electron chi connectivity index (χ0n) is 13.0. The Morgan fingerprint density at radius 1 is 1.08 bits per heavy atom. The highest BCUT2D eigenvalue weighted by molar-refractivity contribution is 14.1. The second-order valence-electron chi connectivity index (χ2n) is 6.30. The van der Waals surface area contributed by atoms with Crippen LogP contribution in [0, 0.1) is 11.8 Å². The fourth-order valence-corrected chi connectivity index (χ4v) is 4.33. The van der Waals surface area contributed by atoms with Gasteiger partial charge in [-0.3, -0.25) is 4.79 Å². The molecule has 1 aromatic heterocycles. The SMILES string of the molecule is O=c1c2ccccc2c(-c2ccc(Cl)cc2)nn1CC1CC1CI. The lowest BCUT2D eigenvalue weighted by Crippen LogP contribution is -2.25. The third kappa shape index (κ3) is 2.97. The standard InChI is InChI=1S/C19H16ClIN2O/c20-15-7-5-12(6-8-15)18-16-3-1-2-4-17(16)19(24)23(22-18)11-14-9-13(14)10-21/h1-8,13-14H,9-11H2. The van der Waals surface area contributed by atoms with Crippen molar-refractivity contribution in [2.75, 3.05) is 4.43 Å². The summed E-state index contributed by atoms with van der Waals surface area (Å²) in [6.45, 7) is 0.706. The van der Waals surface area contributed by atoms with Gasteiger partial charge in [0, 0.05) is 26.9 Å². The van der Waals surface area contributed by atoms with Crippen LogP contribution >= 0.6 is 34.2 Å². The summed E-state index contributed by atoms with van der Waals surface area (Å²) in [5, 5.41) is 7.02. The lowest BCUT2D eigenvalue weighted by molar-refractivity contribution is 0.523. The van der Waals surface area contributed by atoms with Crippen LogP contribution in [0.2, 0.25) is 5.02 Å². The maximum Gasteiger partial charge on any atom is 0.274 e. The van der Waals surface area contributed by atoms with E-state index in [0.717, 1.165) is 32.4 Å². The molecule has 0 bridgehead atoms. The molecular formula is C19H16ClIN2O. The Kier molecular flexibility index (Phi) is 4.35. The van der Waals surface area contributed by atoms with E-state index in [9.17, 15) is 4.79 Å². The topological polar surface area (TPSA) is 34.9 Å². The van der Waals surface area contributed by atoms with E-state index in [2.05, 4.69) is 22.6 Å². The molecule has 2 atom stereocenters. The monoisotopic (exact) mass is 450 g/mol. The summed E-state index contributed by atoms with van der Waals surface area (Å²) in [7, 11) is 0. The van der Waals surface area contributed by atoms with E-state index in [1.165, 1.54) is 6.42 Å².